The first-order chi connectivity index (χ1) is 6.27. The van der Waals surface area contributed by atoms with E-state index in [4.69, 9.17) is 4.74 Å². The maximum atomic E-state index is 11.7. The second-order valence-corrected chi connectivity index (χ2v) is 4.34. The van der Waals surface area contributed by atoms with Crippen LogP contribution in [0.25, 0.3) is 0 Å². The monoisotopic (exact) mass is 181 g/mol. The van der Waals surface area contributed by atoms with Gasteiger partial charge in [0, 0.05) is 0 Å². The second kappa shape index (κ2) is 3.32. The van der Waals surface area contributed by atoms with Gasteiger partial charge in [-0.1, -0.05) is 6.92 Å². The maximum Gasteiger partial charge on any atom is 0.312 e. The molecule has 0 heterocycles. The Kier molecular flexibility index (Phi) is 2.31. The molecule has 2 heteroatoms. The molecule has 73 valence electrons. The van der Waals surface area contributed by atoms with Crippen molar-refractivity contribution in [3.8, 4) is 0 Å². The van der Waals surface area contributed by atoms with Crippen molar-refractivity contribution in [3.63, 3.8) is 0 Å². The Balaban J connectivity index is 1.95. The van der Waals surface area contributed by atoms with Gasteiger partial charge in [-0.25, -0.2) is 0 Å². The highest BCUT2D eigenvalue weighted by molar-refractivity contribution is 5.79. The van der Waals surface area contributed by atoms with Crippen LogP contribution in [0.5, 0.6) is 0 Å². The molecule has 0 aromatic rings. The predicted molar refractivity (Wildman–Crippen MR) is 49.9 cm³/mol. The van der Waals surface area contributed by atoms with Crippen LogP contribution in [0.2, 0.25) is 0 Å². The molecule has 0 spiro atoms. The average molecular weight is 181 g/mol. The highest BCUT2D eigenvalue weighted by atomic mass is 16.5. The van der Waals surface area contributed by atoms with Crippen LogP contribution in [-0.2, 0) is 9.53 Å². The molecule has 2 aliphatic rings. The molecule has 2 rings (SSSR count). The standard InChI is InChI=1S/C11H17O2/c1-2-7-13-10(12)11-5-3-9(8-11)4-6-11/h5,9H,2-4,6-8H2,1H3. The topological polar surface area (TPSA) is 26.3 Å². The molecule has 0 aromatic heterocycles. The van der Waals surface area contributed by atoms with Crippen LogP contribution < -0.4 is 0 Å². The molecule has 2 atom stereocenters. The Morgan fingerprint density at radius 3 is 3.00 bits per heavy atom. The molecule has 2 aliphatic carbocycles. The van der Waals surface area contributed by atoms with Crippen LogP contribution >= 0.6 is 0 Å². The number of ether oxygens (including phenoxy) is 1. The molecule has 0 aromatic carbocycles. The lowest BCUT2D eigenvalue weighted by atomic mass is 9.84. The van der Waals surface area contributed by atoms with Gasteiger partial charge < -0.3 is 4.74 Å². The van der Waals surface area contributed by atoms with Crippen molar-refractivity contribution in [2.45, 2.75) is 39.0 Å². The fraction of sp³-hybridized carbons (Fsp3) is 0.818. The molecule has 0 N–H and O–H groups in total. The molecule has 2 saturated carbocycles. The van der Waals surface area contributed by atoms with E-state index >= 15 is 0 Å². The first kappa shape index (κ1) is 9.04. The van der Waals surface area contributed by atoms with E-state index in [1.54, 1.807) is 0 Å². The van der Waals surface area contributed by atoms with Gasteiger partial charge in [-0.2, -0.15) is 0 Å². The van der Waals surface area contributed by atoms with Gasteiger partial charge in [0.05, 0.1) is 12.0 Å². The minimum absolute atomic E-state index is 0.0364. The average Bonchev–Trinajstić information content (AvgIpc) is 2.74. The van der Waals surface area contributed by atoms with Crippen molar-refractivity contribution in [2.24, 2.45) is 11.3 Å². The van der Waals surface area contributed by atoms with E-state index in [1.165, 1.54) is 6.42 Å². The van der Waals surface area contributed by atoms with Gasteiger partial charge in [-0.3, -0.25) is 4.79 Å². The van der Waals surface area contributed by atoms with Crippen LogP contribution in [0.3, 0.4) is 0 Å². The van der Waals surface area contributed by atoms with Crippen molar-refractivity contribution >= 4 is 5.97 Å². The maximum absolute atomic E-state index is 11.7. The molecule has 0 saturated heterocycles. The first-order valence-corrected chi connectivity index (χ1v) is 5.28. The van der Waals surface area contributed by atoms with Gasteiger partial charge >= 0.3 is 5.97 Å². The van der Waals surface area contributed by atoms with E-state index in [9.17, 15) is 4.79 Å². The largest absolute Gasteiger partial charge is 0.465 e. The van der Waals surface area contributed by atoms with E-state index < -0.39 is 0 Å². The van der Waals surface area contributed by atoms with Crippen molar-refractivity contribution in [2.75, 3.05) is 6.61 Å². The van der Waals surface area contributed by atoms with Crippen LogP contribution in [0.1, 0.15) is 39.0 Å². The summed E-state index contributed by atoms with van der Waals surface area (Å²) < 4.78 is 5.23. The van der Waals surface area contributed by atoms with E-state index in [2.05, 4.69) is 6.42 Å². The third-order valence-corrected chi connectivity index (χ3v) is 3.34. The summed E-state index contributed by atoms with van der Waals surface area (Å²) in [6.07, 6.45) is 7.54. The highest BCUT2D eigenvalue weighted by Gasteiger charge is 2.51. The molecule has 1 radical (unpaired) electrons. The number of hydrogen-bond acceptors (Lipinski definition) is 2. The minimum atomic E-state index is -0.167. The van der Waals surface area contributed by atoms with Gasteiger partial charge in [0.15, 0.2) is 0 Å². The van der Waals surface area contributed by atoms with Gasteiger partial charge in [0.1, 0.15) is 0 Å². The Hall–Kier alpha value is -0.530. The van der Waals surface area contributed by atoms with Gasteiger partial charge in [-0.05, 0) is 44.4 Å². The lowest BCUT2D eigenvalue weighted by Crippen LogP contribution is -2.29. The molecule has 2 nitrogen and oxygen atoms in total. The lowest BCUT2D eigenvalue weighted by molar-refractivity contribution is -0.153. The van der Waals surface area contributed by atoms with Crippen LogP contribution in [0.15, 0.2) is 0 Å². The summed E-state index contributed by atoms with van der Waals surface area (Å²) >= 11 is 0. The van der Waals surface area contributed by atoms with Gasteiger partial charge in [-0.15, -0.1) is 0 Å². The molecule has 13 heavy (non-hydrogen) atoms. The molecule has 0 amide bonds. The molecule has 2 unspecified atom stereocenters. The van der Waals surface area contributed by atoms with E-state index in [0.717, 1.165) is 31.6 Å². The Labute approximate surface area is 79.7 Å². The summed E-state index contributed by atoms with van der Waals surface area (Å²) in [5, 5.41) is 0. The minimum Gasteiger partial charge on any atom is -0.465 e. The number of carbonyl (C=O) groups excluding carboxylic acids is 1. The van der Waals surface area contributed by atoms with E-state index in [-0.39, 0.29) is 11.4 Å². The Morgan fingerprint density at radius 1 is 1.69 bits per heavy atom. The summed E-state index contributed by atoms with van der Waals surface area (Å²) in [6.45, 7) is 2.61. The fourth-order valence-corrected chi connectivity index (χ4v) is 2.57. The highest BCUT2D eigenvalue weighted by Crippen LogP contribution is 2.53. The van der Waals surface area contributed by atoms with Crippen molar-refractivity contribution in [1.29, 1.82) is 0 Å². The van der Waals surface area contributed by atoms with E-state index in [0.29, 0.717) is 6.61 Å². The molecular weight excluding hydrogens is 164 g/mol. The zero-order chi connectivity index (χ0) is 9.31. The zero-order valence-electron chi connectivity index (χ0n) is 8.21. The number of rotatable bonds is 3. The van der Waals surface area contributed by atoms with E-state index in [1.807, 2.05) is 6.92 Å². The van der Waals surface area contributed by atoms with Crippen molar-refractivity contribution < 1.29 is 9.53 Å². The predicted octanol–water partition coefficient (Wildman–Crippen LogP) is 2.33. The second-order valence-electron chi connectivity index (χ2n) is 4.34. The third-order valence-electron chi connectivity index (χ3n) is 3.34. The number of fused-ring (bicyclic) bond motifs is 2. The summed E-state index contributed by atoms with van der Waals surface area (Å²) in [5.74, 6) is 0.809. The summed E-state index contributed by atoms with van der Waals surface area (Å²) in [5.41, 5.74) is -0.167. The quantitative estimate of drug-likeness (QED) is 0.625. The molecule has 0 aliphatic heterocycles. The third kappa shape index (κ3) is 1.47. The Bertz CT molecular complexity index is 202. The summed E-state index contributed by atoms with van der Waals surface area (Å²) in [7, 11) is 0. The van der Waals surface area contributed by atoms with Crippen molar-refractivity contribution in [3.05, 3.63) is 6.42 Å². The molecular formula is C11H17O2. The number of esters is 1. The smallest absolute Gasteiger partial charge is 0.312 e. The SMILES string of the molecule is CCCOC(=O)C12[CH]CC(CC1)C2. The van der Waals surface area contributed by atoms with Crippen LogP contribution in [0, 0.1) is 17.8 Å². The Morgan fingerprint density at radius 2 is 2.54 bits per heavy atom. The lowest BCUT2D eigenvalue weighted by Gasteiger charge is -2.23. The van der Waals surface area contributed by atoms with Crippen LogP contribution in [-0.4, -0.2) is 12.6 Å². The summed E-state index contributed by atoms with van der Waals surface area (Å²) in [6, 6.07) is 0. The number of hydrogen-bond donors (Lipinski definition) is 0. The normalized spacial score (nSPS) is 36.5. The first-order valence-electron chi connectivity index (χ1n) is 5.28. The van der Waals surface area contributed by atoms with Gasteiger partial charge in [0.2, 0.25) is 0 Å². The van der Waals surface area contributed by atoms with Gasteiger partial charge in [0.25, 0.3) is 0 Å². The van der Waals surface area contributed by atoms with Crippen LogP contribution in [0.4, 0.5) is 0 Å². The molecule has 2 fully saturated rings. The molecule has 2 bridgehead atoms. The number of carbonyl (C=O) groups is 1. The van der Waals surface area contributed by atoms with Crippen molar-refractivity contribution in [1.82, 2.24) is 0 Å². The summed E-state index contributed by atoms with van der Waals surface area (Å²) in [4.78, 5) is 11.7. The zero-order valence-corrected chi connectivity index (χ0v) is 8.21. The fourth-order valence-electron chi connectivity index (χ4n) is 2.57.